The van der Waals surface area contributed by atoms with Crippen molar-refractivity contribution >= 4 is 33.2 Å². The highest BCUT2D eigenvalue weighted by molar-refractivity contribution is 7.92. The maximum absolute atomic E-state index is 12.3. The fourth-order valence-electron chi connectivity index (χ4n) is 3.51. The molecule has 0 atom stereocenters. The van der Waals surface area contributed by atoms with E-state index >= 15 is 0 Å². The highest BCUT2D eigenvalue weighted by Crippen LogP contribution is 2.28. The average molecular weight is 417 g/mol. The van der Waals surface area contributed by atoms with Crippen molar-refractivity contribution in [2.45, 2.75) is 66.3 Å². The van der Waals surface area contributed by atoms with Crippen LogP contribution in [-0.2, 0) is 14.8 Å². The molecule has 0 radical (unpaired) electrons. The molecule has 27 heavy (non-hydrogen) atoms. The van der Waals surface area contributed by atoms with Crippen molar-refractivity contribution < 1.29 is 13.2 Å². The number of carbonyl (C=O) groups is 1. The lowest BCUT2D eigenvalue weighted by Gasteiger charge is -2.33. The number of halogens is 1. The van der Waals surface area contributed by atoms with E-state index in [4.69, 9.17) is 11.6 Å². The SMILES string of the molecule is Cc1ccc(Cl)cc1N(CCCC(=O)NC(C)(C)CC(C)(C)C)S(C)(=O)=O. The fourth-order valence-corrected chi connectivity index (χ4v) is 4.69. The molecule has 0 fully saturated rings. The van der Waals surface area contributed by atoms with E-state index in [1.54, 1.807) is 18.2 Å². The van der Waals surface area contributed by atoms with Gasteiger partial charge in [0, 0.05) is 23.5 Å². The minimum absolute atomic E-state index is 0.0690. The van der Waals surface area contributed by atoms with E-state index in [2.05, 4.69) is 26.1 Å². The van der Waals surface area contributed by atoms with Crippen molar-refractivity contribution in [3.63, 3.8) is 0 Å². The number of sulfonamides is 1. The summed E-state index contributed by atoms with van der Waals surface area (Å²) in [7, 11) is -3.47. The third-order valence-corrected chi connectivity index (χ3v) is 5.47. The van der Waals surface area contributed by atoms with Crippen LogP contribution in [0.25, 0.3) is 0 Å². The molecular weight excluding hydrogens is 384 g/mol. The van der Waals surface area contributed by atoms with Crippen LogP contribution in [0.2, 0.25) is 5.02 Å². The van der Waals surface area contributed by atoms with Crippen LogP contribution >= 0.6 is 11.6 Å². The van der Waals surface area contributed by atoms with E-state index in [1.807, 2.05) is 20.8 Å². The Balaban J connectivity index is 2.76. The van der Waals surface area contributed by atoms with E-state index in [-0.39, 0.29) is 29.8 Å². The number of benzene rings is 1. The standard InChI is InChI=1S/C20H33ClN2O3S/c1-15-10-11-16(21)13-17(15)23(27(7,25)26)12-8-9-18(24)22-20(5,6)14-19(2,3)4/h10-11,13H,8-9,12,14H2,1-7H3,(H,22,24). The molecule has 0 aliphatic carbocycles. The smallest absolute Gasteiger partial charge is 0.232 e. The lowest BCUT2D eigenvalue weighted by atomic mass is 9.82. The van der Waals surface area contributed by atoms with Crippen LogP contribution in [-0.4, -0.2) is 32.7 Å². The number of nitrogens with zero attached hydrogens (tertiary/aromatic N) is 1. The van der Waals surface area contributed by atoms with Gasteiger partial charge in [0.05, 0.1) is 11.9 Å². The van der Waals surface area contributed by atoms with E-state index in [1.165, 1.54) is 10.6 Å². The van der Waals surface area contributed by atoms with Crippen LogP contribution in [0, 0.1) is 12.3 Å². The Hall–Kier alpha value is -1.27. The monoisotopic (exact) mass is 416 g/mol. The van der Waals surface area contributed by atoms with Crippen molar-refractivity contribution in [2.24, 2.45) is 5.41 Å². The van der Waals surface area contributed by atoms with Crippen molar-refractivity contribution in [1.82, 2.24) is 5.32 Å². The number of hydrogen-bond donors (Lipinski definition) is 1. The Morgan fingerprint density at radius 2 is 1.78 bits per heavy atom. The summed E-state index contributed by atoms with van der Waals surface area (Å²) in [5, 5.41) is 3.54. The summed E-state index contributed by atoms with van der Waals surface area (Å²) in [6.07, 6.45) is 2.71. The summed E-state index contributed by atoms with van der Waals surface area (Å²) in [5.41, 5.74) is 1.17. The van der Waals surface area contributed by atoms with Crippen LogP contribution in [0.1, 0.15) is 59.4 Å². The number of hydrogen-bond acceptors (Lipinski definition) is 3. The average Bonchev–Trinajstić information content (AvgIpc) is 2.42. The second-order valence-electron chi connectivity index (χ2n) is 9.04. The van der Waals surface area contributed by atoms with Crippen molar-refractivity contribution in [3.05, 3.63) is 28.8 Å². The van der Waals surface area contributed by atoms with Gasteiger partial charge in [-0.25, -0.2) is 8.42 Å². The largest absolute Gasteiger partial charge is 0.351 e. The molecule has 0 aromatic heterocycles. The van der Waals surface area contributed by atoms with Gasteiger partial charge in [-0.05, 0) is 56.7 Å². The van der Waals surface area contributed by atoms with Gasteiger partial charge in [-0.3, -0.25) is 9.10 Å². The molecule has 1 rings (SSSR count). The van der Waals surface area contributed by atoms with Crippen molar-refractivity contribution in [2.75, 3.05) is 17.1 Å². The highest BCUT2D eigenvalue weighted by atomic mass is 35.5. The Kier molecular flexibility index (Phi) is 7.77. The van der Waals surface area contributed by atoms with Gasteiger partial charge in [0.25, 0.3) is 0 Å². The molecule has 1 amide bonds. The van der Waals surface area contributed by atoms with E-state index in [9.17, 15) is 13.2 Å². The number of carbonyl (C=O) groups excluding carboxylic acids is 1. The zero-order valence-electron chi connectivity index (χ0n) is 17.5. The Morgan fingerprint density at radius 3 is 2.30 bits per heavy atom. The van der Waals surface area contributed by atoms with E-state index < -0.39 is 10.0 Å². The van der Waals surface area contributed by atoms with Crippen molar-refractivity contribution in [1.29, 1.82) is 0 Å². The first-order valence-electron chi connectivity index (χ1n) is 9.16. The molecule has 0 aliphatic rings. The zero-order valence-corrected chi connectivity index (χ0v) is 19.1. The van der Waals surface area contributed by atoms with Gasteiger partial charge in [-0.2, -0.15) is 0 Å². The van der Waals surface area contributed by atoms with Gasteiger partial charge in [0.1, 0.15) is 0 Å². The van der Waals surface area contributed by atoms with Gasteiger partial charge in [0.2, 0.25) is 15.9 Å². The van der Waals surface area contributed by atoms with Crippen LogP contribution in [0.5, 0.6) is 0 Å². The fraction of sp³-hybridized carbons (Fsp3) is 0.650. The van der Waals surface area contributed by atoms with Gasteiger partial charge in [-0.15, -0.1) is 0 Å². The Morgan fingerprint density at radius 1 is 1.19 bits per heavy atom. The zero-order chi connectivity index (χ0) is 21.0. The number of nitrogens with one attached hydrogen (secondary N) is 1. The van der Waals surface area contributed by atoms with Crippen LogP contribution < -0.4 is 9.62 Å². The number of aryl methyl sites for hydroxylation is 1. The van der Waals surface area contributed by atoms with Gasteiger partial charge in [-0.1, -0.05) is 38.4 Å². The second kappa shape index (κ2) is 8.82. The number of anilines is 1. The summed E-state index contributed by atoms with van der Waals surface area (Å²) < 4.78 is 25.8. The van der Waals surface area contributed by atoms with Crippen LogP contribution in [0.3, 0.4) is 0 Å². The van der Waals surface area contributed by atoms with Gasteiger partial charge in [0.15, 0.2) is 0 Å². The number of rotatable bonds is 8. The summed E-state index contributed by atoms with van der Waals surface area (Å²) in [6.45, 7) is 12.5. The van der Waals surface area contributed by atoms with E-state index in [0.29, 0.717) is 17.1 Å². The molecule has 7 heteroatoms. The predicted octanol–water partition coefficient (Wildman–Crippen LogP) is 4.53. The molecule has 0 aliphatic heterocycles. The first kappa shape index (κ1) is 23.8. The lowest BCUT2D eigenvalue weighted by Crippen LogP contribution is -2.46. The third kappa shape index (κ3) is 8.52. The summed E-state index contributed by atoms with van der Waals surface area (Å²) in [6, 6.07) is 5.16. The Bertz CT molecular complexity index is 768. The van der Waals surface area contributed by atoms with Gasteiger partial charge < -0.3 is 5.32 Å². The highest BCUT2D eigenvalue weighted by Gasteiger charge is 2.27. The molecule has 154 valence electrons. The molecule has 5 nitrogen and oxygen atoms in total. The quantitative estimate of drug-likeness (QED) is 0.677. The maximum atomic E-state index is 12.3. The van der Waals surface area contributed by atoms with E-state index in [0.717, 1.165) is 12.0 Å². The molecule has 0 saturated carbocycles. The summed E-state index contributed by atoms with van der Waals surface area (Å²) in [4.78, 5) is 12.3. The molecule has 0 unspecified atom stereocenters. The molecule has 1 aromatic carbocycles. The minimum Gasteiger partial charge on any atom is -0.351 e. The molecule has 0 saturated heterocycles. The Labute approximate surface area is 169 Å². The lowest BCUT2D eigenvalue weighted by molar-refractivity contribution is -0.123. The minimum atomic E-state index is -3.47. The molecular formula is C20H33ClN2O3S. The summed E-state index contributed by atoms with van der Waals surface area (Å²) in [5.74, 6) is -0.0690. The normalized spacial score (nSPS) is 12.7. The first-order chi connectivity index (χ1) is 12.1. The topological polar surface area (TPSA) is 66.5 Å². The summed E-state index contributed by atoms with van der Waals surface area (Å²) >= 11 is 6.04. The van der Waals surface area contributed by atoms with Crippen molar-refractivity contribution in [3.8, 4) is 0 Å². The molecule has 1 N–H and O–H groups in total. The van der Waals surface area contributed by atoms with Crippen LogP contribution in [0.4, 0.5) is 5.69 Å². The first-order valence-corrected chi connectivity index (χ1v) is 11.4. The van der Waals surface area contributed by atoms with Gasteiger partial charge >= 0.3 is 0 Å². The van der Waals surface area contributed by atoms with Crippen LogP contribution in [0.15, 0.2) is 18.2 Å². The maximum Gasteiger partial charge on any atom is 0.232 e. The third-order valence-electron chi connectivity index (χ3n) is 4.06. The molecule has 0 bridgehead atoms. The number of amides is 1. The second-order valence-corrected chi connectivity index (χ2v) is 11.4. The molecule has 0 heterocycles. The molecule has 1 aromatic rings. The molecule has 0 spiro atoms. The predicted molar refractivity (Wildman–Crippen MR) is 114 cm³/mol.